The van der Waals surface area contributed by atoms with Crippen LogP contribution in [-0.4, -0.2) is 65.8 Å². The van der Waals surface area contributed by atoms with Gasteiger partial charge in [0.25, 0.3) is 0 Å². The van der Waals surface area contributed by atoms with E-state index in [4.69, 9.17) is 0 Å². The van der Waals surface area contributed by atoms with Gasteiger partial charge in [0.1, 0.15) is 0 Å². The molecule has 0 fully saturated rings. The zero-order valence-electron chi connectivity index (χ0n) is 11.3. The van der Waals surface area contributed by atoms with Gasteiger partial charge in [0.05, 0.1) is 0 Å². The molecule has 0 radical (unpaired) electrons. The molecule has 0 N–H and O–H groups in total. The molecule has 0 heterocycles. The Labute approximate surface area is 98.1 Å². The number of hydrogen-bond acceptors (Lipinski definition) is 1. The molecule has 0 aromatic heterocycles. The third-order valence-electron chi connectivity index (χ3n) is 2.25. The maximum Gasteiger partial charge on any atom is 0.337 e. The predicted octanol–water partition coefficient (Wildman–Crippen LogP) is 2.58. The number of carbonyl (C=O) groups excluding carboxylic acids is 1. The Hall–Kier alpha value is -0.0300. The van der Waals surface area contributed by atoms with Crippen LogP contribution < -0.4 is 0 Å². The van der Waals surface area contributed by atoms with Crippen molar-refractivity contribution in [2.45, 2.75) is 6.92 Å². The van der Waals surface area contributed by atoms with Gasteiger partial charge in [-0.05, 0) is 44.5 Å². The lowest BCUT2D eigenvalue weighted by atomic mass is 10.7. The minimum atomic E-state index is -0.964. The second kappa shape index (κ2) is 4.87. The van der Waals surface area contributed by atoms with Crippen LogP contribution >= 0.6 is 20.4 Å². The smallest absolute Gasteiger partial charge is 0.290 e. The fraction of sp³-hybridized carbons (Fsp3) is 0.900. The topological polar surface area (TPSA) is 23.6 Å². The number of urea groups is 1. The van der Waals surface area contributed by atoms with Crippen LogP contribution in [0.2, 0.25) is 0 Å². The van der Waals surface area contributed by atoms with Crippen molar-refractivity contribution >= 4 is 26.5 Å². The Balaban J connectivity index is 4.83. The molecule has 0 bridgehead atoms. The summed E-state index contributed by atoms with van der Waals surface area (Å²) in [7, 11) is -0.0178. The van der Waals surface area contributed by atoms with Crippen molar-refractivity contribution in [3.8, 4) is 0 Å². The van der Waals surface area contributed by atoms with Gasteiger partial charge < -0.3 is 0 Å². The van der Waals surface area contributed by atoms with E-state index in [2.05, 4.69) is 37.5 Å². The highest BCUT2D eigenvalue weighted by Gasteiger charge is 2.27. The SMILES string of the molecule is CCN(C(=O)N(C)S(C)(C)C)S(C)(C)C. The van der Waals surface area contributed by atoms with E-state index in [0.29, 0.717) is 0 Å². The molecule has 15 heavy (non-hydrogen) atoms. The van der Waals surface area contributed by atoms with E-state index in [1.165, 1.54) is 0 Å². The van der Waals surface area contributed by atoms with E-state index in [9.17, 15) is 4.79 Å². The van der Waals surface area contributed by atoms with Gasteiger partial charge >= 0.3 is 6.03 Å². The molecular formula is C10H26N2OS2. The fourth-order valence-electron chi connectivity index (χ4n) is 1.15. The average Bonchev–Trinajstić information content (AvgIpc) is 1.99. The fourth-order valence-corrected chi connectivity index (χ4v) is 3.13. The van der Waals surface area contributed by atoms with Crippen LogP contribution in [-0.2, 0) is 0 Å². The van der Waals surface area contributed by atoms with Gasteiger partial charge in [0.15, 0.2) is 0 Å². The predicted molar refractivity (Wildman–Crippen MR) is 76.3 cm³/mol. The quantitative estimate of drug-likeness (QED) is 0.759. The molecule has 0 saturated heterocycles. The Kier molecular flexibility index (Phi) is 4.86. The minimum Gasteiger partial charge on any atom is -0.290 e. The summed E-state index contributed by atoms with van der Waals surface area (Å²) in [4.78, 5) is 12.3. The van der Waals surface area contributed by atoms with Crippen molar-refractivity contribution in [1.29, 1.82) is 0 Å². The summed E-state index contributed by atoms with van der Waals surface area (Å²) >= 11 is 0. The lowest BCUT2D eigenvalue weighted by Crippen LogP contribution is -2.42. The first-order valence-corrected chi connectivity index (χ1v) is 10.6. The largest absolute Gasteiger partial charge is 0.337 e. The molecule has 0 atom stereocenters. The van der Waals surface area contributed by atoms with Crippen LogP contribution in [0.4, 0.5) is 4.79 Å². The zero-order valence-corrected chi connectivity index (χ0v) is 13.0. The molecular weight excluding hydrogens is 228 g/mol. The minimum absolute atomic E-state index is 0.169. The molecule has 0 aliphatic heterocycles. The molecule has 2 amide bonds. The van der Waals surface area contributed by atoms with Crippen LogP contribution in [0.1, 0.15) is 6.92 Å². The first-order valence-electron chi connectivity index (χ1n) is 4.94. The highest BCUT2D eigenvalue weighted by molar-refractivity contribution is 8.31. The third kappa shape index (κ3) is 4.15. The van der Waals surface area contributed by atoms with Crippen LogP contribution in [0.5, 0.6) is 0 Å². The van der Waals surface area contributed by atoms with Crippen molar-refractivity contribution in [3.63, 3.8) is 0 Å². The molecule has 0 aromatic carbocycles. The van der Waals surface area contributed by atoms with E-state index >= 15 is 0 Å². The van der Waals surface area contributed by atoms with E-state index < -0.39 is 20.4 Å². The summed E-state index contributed by atoms with van der Waals surface area (Å²) < 4.78 is 3.89. The molecule has 3 nitrogen and oxygen atoms in total. The summed E-state index contributed by atoms with van der Waals surface area (Å²) in [5.41, 5.74) is 0. The number of nitrogens with zero attached hydrogens (tertiary/aromatic N) is 2. The number of amides is 2. The normalized spacial score (nSPS) is 14.7. The molecule has 0 rings (SSSR count). The summed E-state index contributed by atoms with van der Waals surface area (Å²) in [6.07, 6.45) is 12.9. The number of hydrogen-bond donors (Lipinski definition) is 0. The Morgan fingerprint density at radius 3 is 1.60 bits per heavy atom. The first kappa shape index (κ1) is 15.0. The van der Waals surface area contributed by atoms with Crippen LogP contribution in [0.3, 0.4) is 0 Å². The summed E-state index contributed by atoms with van der Waals surface area (Å²) in [5.74, 6) is 0. The second-order valence-corrected chi connectivity index (χ2v) is 13.1. The van der Waals surface area contributed by atoms with Crippen molar-refractivity contribution in [3.05, 3.63) is 0 Å². The van der Waals surface area contributed by atoms with Crippen LogP contribution in [0, 0.1) is 0 Å². The third-order valence-corrected chi connectivity index (χ3v) is 5.79. The second-order valence-electron chi connectivity index (χ2n) is 5.02. The molecule has 0 aliphatic rings. The van der Waals surface area contributed by atoms with Gasteiger partial charge in [-0.2, -0.15) is 20.4 Å². The van der Waals surface area contributed by atoms with E-state index in [-0.39, 0.29) is 6.03 Å². The standard InChI is InChI=1S/C10H26N2OS2/c1-9-12(15(6,7)8)10(13)11(2)14(3,4)5/h9H2,1-8H3. The first-order chi connectivity index (χ1) is 6.51. The summed E-state index contributed by atoms with van der Waals surface area (Å²) in [5, 5.41) is 0. The zero-order chi connectivity index (χ0) is 12.4. The van der Waals surface area contributed by atoms with E-state index in [1.807, 2.05) is 22.6 Å². The Bertz CT molecular complexity index is 231. The van der Waals surface area contributed by atoms with Gasteiger partial charge in [-0.25, -0.2) is 4.79 Å². The highest BCUT2D eigenvalue weighted by Crippen LogP contribution is 2.45. The molecule has 0 saturated carbocycles. The van der Waals surface area contributed by atoms with E-state index in [0.717, 1.165) is 6.54 Å². The van der Waals surface area contributed by atoms with Crippen molar-refractivity contribution in [2.24, 2.45) is 0 Å². The van der Waals surface area contributed by atoms with Crippen molar-refractivity contribution in [1.82, 2.24) is 8.61 Å². The molecule has 0 aromatic rings. The van der Waals surface area contributed by atoms with Crippen LogP contribution in [0.15, 0.2) is 0 Å². The van der Waals surface area contributed by atoms with Crippen molar-refractivity contribution in [2.75, 3.05) is 51.1 Å². The Morgan fingerprint density at radius 1 is 1.00 bits per heavy atom. The highest BCUT2D eigenvalue weighted by atomic mass is 32.3. The average molecular weight is 254 g/mol. The van der Waals surface area contributed by atoms with E-state index in [1.54, 1.807) is 0 Å². The van der Waals surface area contributed by atoms with Gasteiger partial charge in [0.2, 0.25) is 0 Å². The molecule has 0 unspecified atom stereocenters. The van der Waals surface area contributed by atoms with Gasteiger partial charge in [-0.15, -0.1) is 0 Å². The number of rotatable bonds is 3. The van der Waals surface area contributed by atoms with Gasteiger partial charge in [0, 0.05) is 13.6 Å². The lowest BCUT2D eigenvalue weighted by Gasteiger charge is -2.46. The molecule has 94 valence electrons. The lowest BCUT2D eigenvalue weighted by molar-refractivity contribution is 0.214. The maximum atomic E-state index is 12.3. The molecule has 0 spiro atoms. The van der Waals surface area contributed by atoms with Gasteiger partial charge in [-0.3, -0.25) is 8.61 Å². The summed E-state index contributed by atoms with van der Waals surface area (Å²) in [6.45, 7) is 2.83. The summed E-state index contributed by atoms with van der Waals surface area (Å²) in [6, 6.07) is 0.169. The van der Waals surface area contributed by atoms with Gasteiger partial charge in [-0.1, -0.05) is 0 Å². The van der Waals surface area contributed by atoms with Crippen LogP contribution in [0.25, 0.3) is 0 Å². The monoisotopic (exact) mass is 254 g/mol. The Morgan fingerprint density at radius 2 is 1.40 bits per heavy atom. The molecule has 5 heteroatoms. The molecule has 0 aliphatic carbocycles. The number of carbonyl (C=O) groups is 1. The maximum absolute atomic E-state index is 12.3. The van der Waals surface area contributed by atoms with Crippen molar-refractivity contribution < 1.29 is 4.79 Å².